The number of carbonyl (C=O) groups is 1. The minimum Gasteiger partial charge on any atom is -0.344 e. The van der Waals surface area contributed by atoms with E-state index in [1.54, 1.807) is 18.5 Å². The molecule has 0 bridgehead atoms. The van der Waals surface area contributed by atoms with Gasteiger partial charge in [-0.05, 0) is 61.0 Å². The molecule has 4 heterocycles. The number of amidine groups is 2. The molecule has 0 spiro atoms. The minimum absolute atomic E-state index is 0.0271. The molecule has 0 aliphatic carbocycles. The fraction of sp³-hybridized carbons (Fsp3) is 0.125. The maximum Gasteiger partial charge on any atom is 0.283 e. The van der Waals surface area contributed by atoms with Crippen LogP contribution in [0.3, 0.4) is 0 Å². The summed E-state index contributed by atoms with van der Waals surface area (Å²) in [6, 6.07) is 16.0. The van der Waals surface area contributed by atoms with Gasteiger partial charge in [0, 0.05) is 35.9 Å². The average Bonchev–Trinajstić information content (AvgIpc) is 3.34. The second kappa shape index (κ2) is 8.05. The van der Waals surface area contributed by atoms with Crippen molar-refractivity contribution in [3.63, 3.8) is 0 Å². The van der Waals surface area contributed by atoms with Gasteiger partial charge in [-0.15, -0.1) is 0 Å². The largest absolute Gasteiger partial charge is 0.344 e. The highest BCUT2D eigenvalue weighted by Crippen LogP contribution is 2.31. The lowest BCUT2D eigenvalue weighted by Crippen LogP contribution is -2.35. The minimum atomic E-state index is -0.427. The summed E-state index contributed by atoms with van der Waals surface area (Å²) in [6.07, 6.45) is 5.14. The van der Waals surface area contributed by atoms with E-state index in [9.17, 15) is 4.79 Å². The van der Waals surface area contributed by atoms with Gasteiger partial charge in [-0.3, -0.25) is 15.2 Å². The summed E-state index contributed by atoms with van der Waals surface area (Å²) in [6.45, 7) is 4.82. The van der Waals surface area contributed by atoms with Crippen LogP contribution >= 0.6 is 11.8 Å². The van der Waals surface area contributed by atoms with Crippen molar-refractivity contribution in [2.75, 3.05) is 0 Å². The number of amides is 1. The molecule has 158 valence electrons. The first-order valence-corrected chi connectivity index (χ1v) is 10.9. The van der Waals surface area contributed by atoms with Crippen LogP contribution in [0.2, 0.25) is 0 Å². The third kappa shape index (κ3) is 3.58. The predicted octanol–water partition coefficient (Wildman–Crippen LogP) is 4.22. The van der Waals surface area contributed by atoms with Gasteiger partial charge in [-0.2, -0.15) is 15.1 Å². The number of thioether (sulfide) groups is 1. The van der Waals surface area contributed by atoms with Crippen LogP contribution < -0.4 is 0 Å². The van der Waals surface area contributed by atoms with E-state index in [2.05, 4.69) is 31.8 Å². The van der Waals surface area contributed by atoms with E-state index >= 15 is 0 Å². The highest BCUT2D eigenvalue weighted by atomic mass is 32.2. The number of nitrogens with one attached hydrogen (secondary N) is 1. The fourth-order valence-corrected chi connectivity index (χ4v) is 4.62. The normalized spacial score (nSPS) is 16.9. The fourth-order valence-electron chi connectivity index (χ4n) is 3.74. The van der Waals surface area contributed by atoms with E-state index in [4.69, 9.17) is 5.41 Å². The SMILES string of the molecule is Cc1cc(/C=C2/C(=N)N3N=C(c4cccnc4)SC3=NC2=O)c(C)n1Cc1ccccc1. The first-order valence-electron chi connectivity index (χ1n) is 10.1. The van der Waals surface area contributed by atoms with Gasteiger partial charge in [-0.1, -0.05) is 30.3 Å². The highest BCUT2D eigenvalue weighted by Gasteiger charge is 2.36. The van der Waals surface area contributed by atoms with E-state index < -0.39 is 5.91 Å². The number of carbonyl (C=O) groups excluding carboxylic acids is 1. The van der Waals surface area contributed by atoms with E-state index in [0.717, 1.165) is 29.1 Å². The van der Waals surface area contributed by atoms with Crippen LogP contribution in [0.15, 0.2) is 76.6 Å². The summed E-state index contributed by atoms with van der Waals surface area (Å²) in [5.41, 5.74) is 5.27. The Hall–Kier alpha value is -3.78. The lowest BCUT2D eigenvalue weighted by Gasteiger charge is -2.20. The number of nitrogens with zero attached hydrogens (tertiary/aromatic N) is 5. The standard InChI is InChI=1S/C24H20N6OS/c1-15-11-19(16(2)29(15)14-17-7-4-3-5-8-17)12-20-21(25)30-24(27-22(20)31)32-23(28-30)18-9-6-10-26-13-18/h3-13,25H,14H2,1-2H3/b20-12-,25-21?. The second-order valence-corrected chi connectivity index (χ2v) is 8.52. The first kappa shape index (κ1) is 20.1. The molecule has 8 heteroatoms. The van der Waals surface area contributed by atoms with Crippen LogP contribution in [-0.2, 0) is 11.3 Å². The van der Waals surface area contributed by atoms with Crippen molar-refractivity contribution >= 4 is 39.8 Å². The van der Waals surface area contributed by atoms with E-state index in [0.29, 0.717) is 10.2 Å². The number of benzene rings is 1. The smallest absolute Gasteiger partial charge is 0.283 e. The zero-order valence-electron chi connectivity index (χ0n) is 17.6. The molecule has 1 amide bonds. The molecule has 2 aliphatic rings. The van der Waals surface area contributed by atoms with Gasteiger partial charge in [-0.25, -0.2) is 0 Å². The van der Waals surface area contributed by atoms with Gasteiger partial charge < -0.3 is 4.57 Å². The molecule has 7 nitrogen and oxygen atoms in total. The summed E-state index contributed by atoms with van der Waals surface area (Å²) >= 11 is 1.27. The topological polar surface area (TPSA) is 86.7 Å². The molecule has 0 unspecified atom stereocenters. The number of pyridine rings is 1. The third-order valence-electron chi connectivity index (χ3n) is 5.46. The number of rotatable bonds is 4. The summed E-state index contributed by atoms with van der Waals surface area (Å²) in [7, 11) is 0. The molecule has 0 fully saturated rings. The van der Waals surface area contributed by atoms with Crippen LogP contribution in [0, 0.1) is 19.3 Å². The van der Waals surface area contributed by atoms with Crippen LogP contribution in [0.4, 0.5) is 0 Å². The lowest BCUT2D eigenvalue weighted by molar-refractivity contribution is -0.114. The molecule has 0 saturated carbocycles. The van der Waals surface area contributed by atoms with Gasteiger partial charge in [0.25, 0.3) is 5.91 Å². The number of hydrazone groups is 1. The van der Waals surface area contributed by atoms with Gasteiger partial charge in [0.05, 0.1) is 5.57 Å². The van der Waals surface area contributed by atoms with Gasteiger partial charge in [0.15, 0.2) is 5.84 Å². The predicted molar refractivity (Wildman–Crippen MR) is 128 cm³/mol. The summed E-state index contributed by atoms with van der Waals surface area (Å²) < 4.78 is 2.21. The second-order valence-electron chi connectivity index (χ2n) is 7.57. The Labute approximate surface area is 189 Å². The quantitative estimate of drug-likeness (QED) is 0.616. The van der Waals surface area contributed by atoms with Gasteiger partial charge >= 0.3 is 0 Å². The molecule has 0 atom stereocenters. The zero-order valence-corrected chi connectivity index (χ0v) is 18.4. The number of fused-ring (bicyclic) bond motifs is 1. The molecule has 2 aliphatic heterocycles. The monoisotopic (exact) mass is 440 g/mol. The summed E-state index contributed by atoms with van der Waals surface area (Å²) in [5, 5.41) is 15.6. The van der Waals surface area contributed by atoms with Gasteiger partial charge in [0.1, 0.15) is 5.04 Å². The van der Waals surface area contributed by atoms with Crippen molar-refractivity contribution in [3.05, 3.63) is 94.6 Å². The maximum atomic E-state index is 12.8. The number of aromatic nitrogens is 2. The van der Waals surface area contributed by atoms with Gasteiger partial charge in [0.2, 0.25) is 5.17 Å². The van der Waals surface area contributed by atoms with E-state index in [1.165, 1.54) is 22.3 Å². The van der Waals surface area contributed by atoms with E-state index in [1.807, 2.05) is 50.2 Å². The van der Waals surface area contributed by atoms with Crippen LogP contribution in [-0.4, -0.2) is 36.5 Å². The number of aliphatic imine (C=N–C) groups is 1. The Morgan fingerprint density at radius 3 is 2.69 bits per heavy atom. The molecular weight excluding hydrogens is 420 g/mol. The number of aryl methyl sites for hydroxylation is 1. The van der Waals surface area contributed by atoms with Crippen molar-refractivity contribution in [2.24, 2.45) is 10.1 Å². The van der Waals surface area contributed by atoms with Crippen molar-refractivity contribution < 1.29 is 4.79 Å². The lowest BCUT2D eigenvalue weighted by atomic mass is 10.1. The van der Waals surface area contributed by atoms with Crippen molar-refractivity contribution in [2.45, 2.75) is 20.4 Å². The molecule has 2 aromatic heterocycles. The van der Waals surface area contributed by atoms with E-state index in [-0.39, 0.29) is 11.4 Å². The summed E-state index contributed by atoms with van der Waals surface area (Å²) in [5.74, 6) is -0.400. The summed E-state index contributed by atoms with van der Waals surface area (Å²) in [4.78, 5) is 21.1. The molecule has 1 N–H and O–H groups in total. The van der Waals surface area contributed by atoms with Crippen molar-refractivity contribution in [3.8, 4) is 0 Å². The number of hydrogen-bond donors (Lipinski definition) is 1. The Morgan fingerprint density at radius 1 is 1.12 bits per heavy atom. The van der Waals surface area contributed by atoms with Crippen molar-refractivity contribution in [1.29, 1.82) is 5.41 Å². The zero-order chi connectivity index (χ0) is 22.2. The Kier molecular flexibility index (Phi) is 5.07. The third-order valence-corrected chi connectivity index (χ3v) is 6.42. The molecule has 32 heavy (non-hydrogen) atoms. The first-order chi connectivity index (χ1) is 15.5. The molecule has 5 rings (SSSR count). The van der Waals surface area contributed by atoms with Crippen LogP contribution in [0.25, 0.3) is 6.08 Å². The van der Waals surface area contributed by atoms with Crippen molar-refractivity contribution in [1.82, 2.24) is 14.6 Å². The molecule has 0 saturated heterocycles. The van der Waals surface area contributed by atoms with Crippen LogP contribution in [0.5, 0.6) is 0 Å². The molecule has 1 aromatic carbocycles. The highest BCUT2D eigenvalue weighted by molar-refractivity contribution is 8.27. The maximum absolute atomic E-state index is 12.8. The average molecular weight is 441 g/mol. The molecular formula is C24H20N6OS. The number of hydrogen-bond acceptors (Lipinski definition) is 5. The Morgan fingerprint density at radius 2 is 1.94 bits per heavy atom. The molecule has 3 aromatic rings. The Balaban J connectivity index is 1.47. The Bertz CT molecular complexity index is 1320. The van der Waals surface area contributed by atoms with Crippen LogP contribution in [0.1, 0.15) is 28.1 Å². The molecule has 0 radical (unpaired) electrons.